The third-order valence-corrected chi connectivity index (χ3v) is 3.76. The van der Waals surface area contributed by atoms with Gasteiger partial charge in [0, 0.05) is 11.1 Å². The van der Waals surface area contributed by atoms with Crippen LogP contribution in [0.3, 0.4) is 0 Å². The van der Waals surface area contributed by atoms with Gasteiger partial charge in [0.2, 0.25) is 0 Å². The topological polar surface area (TPSA) is 30.2 Å². The molecule has 1 heterocycles. The van der Waals surface area contributed by atoms with E-state index in [9.17, 15) is 4.79 Å². The van der Waals surface area contributed by atoms with Crippen LogP contribution in [-0.2, 0) is 6.42 Å². The molecule has 2 aromatic carbocycles. The Hall–Kier alpha value is -2.35. The van der Waals surface area contributed by atoms with Crippen molar-refractivity contribution >= 4 is 10.8 Å². The van der Waals surface area contributed by atoms with Gasteiger partial charge in [-0.3, -0.25) is 0 Å². The highest BCUT2D eigenvalue weighted by molar-refractivity contribution is 5.88. The summed E-state index contributed by atoms with van der Waals surface area (Å²) in [6.45, 7) is 2.17. The lowest BCUT2D eigenvalue weighted by molar-refractivity contribution is 0.527. The van der Waals surface area contributed by atoms with Gasteiger partial charge in [-0.15, -0.1) is 0 Å². The van der Waals surface area contributed by atoms with Crippen LogP contribution in [0.1, 0.15) is 25.3 Å². The van der Waals surface area contributed by atoms with Crippen LogP contribution < -0.4 is 5.63 Å². The second-order valence-corrected chi connectivity index (χ2v) is 5.21. The fraction of sp³-hybridized carbons (Fsp3) is 0.211. The van der Waals surface area contributed by atoms with Gasteiger partial charge in [0.25, 0.3) is 0 Å². The van der Waals surface area contributed by atoms with Crippen LogP contribution in [0.4, 0.5) is 0 Å². The lowest BCUT2D eigenvalue weighted by Crippen LogP contribution is -2.05. The Morgan fingerprint density at radius 1 is 0.905 bits per heavy atom. The minimum Gasteiger partial charge on any atom is -0.422 e. The summed E-state index contributed by atoms with van der Waals surface area (Å²) in [5, 5.41) is 1.68. The van der Waals surface area contributed by atoms with E-state index in [0.29, 0.717) is 11.1 Å². The van der Waals surface area contributed by atoms with E-state index < -0.39 is 0 Å². The molecule has 0 fully saturated rings. The first-order valence-electron chi connectivity index (χ1n) is 7.41. The Morgan fingerprint density at radius 3 is 2.29 bits per heavy atom. The van der Waals surface area contributed by atoms with Gasteiger partial charge in [0.05, 0.1) is 5.39 Å². The van der Waals surface area contributed by atoms with Crippen LogP contribution in [-0.4, -0.2) is 0 Å². The summed E-state index contributed by atoms with van der Waals surface area (Å²) in [6.07, 6.45) is 3.12. The molecule has 0 atom stereocenters. The van der Waals surface area contributed by atoms with Crippen molar-refractivity contribution in [3.05, 3.63) is 70.6 Å². The Balaban J connectivity index is 2.30. The first kappa shape index (κ1) is 13.6. The predicted molar refractivity (Wildman–Crippen MR) is 86.5 cm³/mol. The molecule has 106 valence electrons. The van der Waals surface area contributed by atoms with Crippen molar-refractivity contribution in [1.29, 1.82) is 0 Å². The Labute approximate surface area is 124 Å². The van der Waals surface area contributed by atoms with Gasteiger partial charge in [-0.2, -0.15) is 0 Å². The second kappa shape index (κ2) is 5.96. The third kappa shape index (κ3) is 2.62. The van der Waals surface area contributed by atoms with Crippen molar-refractivity contribution in [3.8, 4) is 11.3 Å². The number of aryl methyl sites for hydroxylation is 1. The average Bonchev–Trinajstić information content (AvgIpc) is 2.55. The van der Waals surface area contributed by atoms with E-state index >= 15 is 0 Å². The maximum atomic E-state index is 12.2. The molecule has 3 aromatic rings. The Morgan fingerprint density at radius 2 is 1.57 bits per heavy atom. The maximum absolute atomic E-state index is 12.2. The first-order chi connectivity index (χ1) is 10.3. The van der Waals surface area contributed by atoms with Crippen molar-refractivity contribution in [1.82, 2.24) is 0 Å². The molecule has 0 aliphatic heterocycles. The molecular formula is C19H18O2. The van der Waals surface area contributed by atoms with Gasteiger partial charge in [0.1, 0.15) is 5.76 Å². The lowest BCUT2D eigenvalue weighted by Gasteiger charge is -2.11. The molecule has 0 N–H and O–H groups in total. The van der Waals surface area contributed by atoms with Gasteiger partial charge in [-0.25, -0.2) is 4.79 Å². The van der Waals surface area contributed by atoms with Crippen LogP contribution in [0.15, 0.2) is 63.8 Å². The molecule has 3 rings (SSSR count). The zero-order chi connectivity index (χ0) is 14.7. The van der Waals surface area contributed by atoms with E-state index in [0.717, 1.165) is 35.8 Å². The molecule has 21 heavy (non-hydrogen) atoms. The van der Waals surface area contributed by atoms with Crippen molar-refractivity contribution in [3.63, 3.8) is 0 Å². The zero-order valence-corrected chi connectivity index (χ0v) is 12.1. The van der Waals surface area contributed by atoms with Gasteiger partial charge in [-0.1, -0.05) is 61.9 Å². The normalized spacial score (nSPS) is 10.9. The Kier molecular flexibility index (Phi) is 3.87. The largest absolute Gasteiger partial charge is 0.422 e. The summed E-state index contributed by atoms with van der Waals surface area (Å²) in [5.74, 6) is 0.716. The first-order valence-corrected chi connectivity index (χ1v) is 7.41. The van der Waals surface area contributed by atoms with E-state index in [1.54, 1.807) is 0 Å². The highest BCUT2D eigenvalue weighted by Gasteiger charge is 2.14. The molecule has 0 radical (unpaired) electrons. The molecular weight excluding hydrogens is 260 g/mol. The third-order valence-electron chi connectivity index (χ3n) is 3.76. The van der Waals surface area contributed by atoms with Crippen LogP contribution in [0.25, 0.3) is 22.1 Å². The molecule has 0 spiro atoms. The molecule has 0 amide bonds. The molecule has 0 saturated heterocycles. The van der Waals surface area contributed by atoms with Crippen molar-refractivity contribution in [2.24, 2.45) is 0 Å². The summed E-state index contributed by atoms with van der Waals surface area (Å²) >= 11 is 0. The molecule has 0 unspecified atom stereocenters. The average molecular weight is 278 g/mol. The second-order valence-electron chi connectivity index (χ2n) is 5.21. The Bertz CT molecular complexity index is 801. The van der Waals surface area contributed by atoms with E-state index in [4.69, 9.17) is 4.42 Å². The van der Waals surface area contributed by atoms with Gasteiger partial charge < -0.3 is 4.42 Å². The summed E-state index contributed by atoms with van der Waals surface area (Å²) < 4.78 is 5.65. The molecule has 0 bridgehead atoms. The monoisotopic (exact) mass is 278 g/mol. The van der Waals surface area contributed by atoms with E-state index in [-0.39, 0.29) is 5.63 Å². The van der Waals surface area contributed by atoms with Crippen molar-refractivity contribution in [2.75, 3.05) is 0 Å². The van der Waals surface area contributed by atoms with Crippen LogP contribution in [0.2, 0.25) is 0 Å². The van der Waals surface area contributed by atoms with Crippen LogP contribution in [0.5, 0.6) is 0 Å². The molecule has 0 aliphatic carbocycles. The van der Waals surface area contributed by atoms with Gasteiger partial charge in [-0.05, 0) is 24.3 Å². The number of hydrogen-bond donors (Lipinski definition) is 0. The predicted octanol–water partition coefficient (Wildman–Crippen LogP) is 4.80. The molecule has 0 aliphatic rings. The summed E-state index contributed by atoms with van der Waals surface area (Å²) in [7, 11) is 0. The van der Waals surface area contributed by atoms with Crippen LogP contribution >= 0.6 is 0 Å². The molecule has 0 saturated carbocycles. The quantitative estimate of drug-likeness (QED) is 0.686. The number of benzene rings is 2. The standard InChI is InChI=1S/C19H18O2/c1-2-3-11-16-15-12-7-8-13-17(15)19(20)21-18(16)14-9-5-4-6-10-14/h4-10,12-13H,2-3,11H2,1H3. The smallest absolute Gasteiger partial charge is 0.344 e. The number of rotatable bonds is 4. The lowest BCUT2D eigenvalue weighted by atomic mass is 9.97. The maximum Gasteiger partial charge on any atom is 0.344 e. The molecule has 1 aromatic heterocycles. The molecule has 2 nitrogen and oxygen atoms in total. The fourth-order valence-electron chi connectivity index (χ4n) is 2.68. The van der Waals surface area contributed by atoms with Crippen molar-refractivity contribution < 1.29 is 4.42 Å². The highest BCUT2D eigenvalue weighted by atomic mass is 16.4. The summed E-state index contributed by atoms with van der Waals surface area (Å²) in [6, 6.07) is 17.6. The molecule has 2 heteroatoms. The summed E-state index contributed by atoms with van der Waals surface area (Å²) in [5.41, 5.74) is 1.84. The SMILES string of the molecule is CCCCc1c(-c2ccccc2)oc(=O)c2ccccc12. The minimum absolute atomic E-state index is 0.260. The number of fused-ring (bicyclic) bond motifs is 1. The van der Waals surface area contributed by atoms with Crippen molar-refractivity contribution in [2.45, 2.75) is 26.2 Å². The van der Waals surface area contributed by atoms with E-state index in [2.05, 4.69) is 6.92 Å². The number of unbranched alkanes of at least 4 members (excludes halogenated alkanes) is 1. The minimum atomic E-state index is -0.260. The highest BCUT2D eigenvalue weighted by Crippen LogP contribution is 2.29. The fourth-order valence-corrected chi connectivity index (χ4v) is 2.68. The summed E-state index contributed by atoms with van der Waals surface area (Å²) in [4.78, 5) is 12.2. The van der Waals surface area contributed by atoms with Crippen LogP contribution in [0, 0.1) is 0 Å². The zero-order valence-electron chi connectivity index (χ0n) is 12.1. The van der Waals surface area contributed by atoms with Gasteiger partial charge >= 0.3 is 5.63 Å². The van der Waals surface area contributed by atoms with Gasteiger partial charge in [0.15, 0.2) is 0 Å². The number of hydrogen-bond acceptors (Lipinski definition) is 2. The van der Waals surface area contributed by atoms with E-state index in [1.807, 2.05) is 54.6 Å². The van der Waals surface area contributed by atoms with E-state index in [1.165, 1.54) is 0 Å².